The summed E-state index contributed by atoms with van der Waals surface area (Å²) < 4.78 is 0. The van der Waals surface area contributed by atoms with Crippen LogP contribution in [-0.2, 0) is 4.79 Å². The molecule has 1 heterocycles. The monoisotopic (exact) mass is 279 g/mol. The first-order valence-electron chi connectivity index (χ1n) is 6.29. The second-order valence-electron chi connectivity index (χ2n) is 5.49. The van der Waals surface area contributed by atoms with E-state index in [1.54, 1.807) is 25.1 Å². The van der Waals surface area contributed by atoms with Crippen molar-refractivity contribution >= 4 is 17.6 Å². The van der Waals surface area contributed by atoms with E-state index in [1.165, 1.54) is 0 Å². The number of carbonyl (C=O) groups is 2. The number of nitrogens with two attached hydrogens (primary N) is 1. The van der Waals surface area contributed by atoms with Crippen LogP contribution in [0.2, 0.25) is 0 Å². The van der Waals surface area contributed by atoms with Crippen LogP contribution in [0, 0.1) is 0 Å². The van der Waals surface area contributed by atoms with E-state index in [-0.39, 0.29) is 17.1 Å². The maximum Gasteiger partial charge on any atom is 0.270 e. The van der Waals surface area contributed by atoms with E-state index in [0.29, 0.717) is 5.82 Å². The normalized spacial score (nSPS) is 12.4. The van der Waals surface area contributed by atoms with Gasteiger partial charge in [-0.25, -0.2) is 10.8 Å². The van der Waals surface area contributed by atoms with Gasteiger partial charge in [-0.05, 0) is 39.8 Å². The molecule has 5 N–H and O–H groups in total. The molecule has 1 unspecified atom stereocenters. The van der Waals surface area contributed by atoms with Crippen LogP contribution >= 0.6 is 0 Å². The molecule has 1 aromatic heterocycles. The van der Waals surface area contributed by atoms with Gasteiger partial charge in [0.25, 0.3) is 5.91 Å². The maximum atomic E-state index is 12.0. The molecule has 0 saturated carbocycles. The Kier molecular flexibility index (Phi) is 5.04. The average Bonchev–Trinajstić information content (AvgIpc) is 2.36. The third-order valence-corrected chi connectivity index (χ3v) is 2.37. The predicted molar refractivity (Wildman–Crippen MR) is 76.9 cm³/mol. The molecule has 0 aliphatic rings. The molecule has 110 valence electrons. The van der Waals surface area contributed by atoms with Gasteiger partial charge >= 0.3 is 0 Å². The van der Waals surface area contributed by atoms with Crippen LogP contribution in [0.3, 0.4) is 0 Å². The molecule has 1 aromatic rings. The van der Waals surface area contributed by atoms with E-state index in [2.05, 4.69) is 21.0 Å². The van der Waals surface area contributed by atoms with Gasteiger partial charge in [0.15, 0.2) is 0 Å². The third kappa shape index (κ3) is 4.85. The lowest BCUT2D eigenvalue weighted by Gasteiger charge is -2.23. The summed E-state index contributed by atoms with van der Waals surface area (Å²) in [6.45, 7) is 7.23. The summed E-state index contributed by atoms with van der Waals surface area (Å²) in [5, 5.41) is 5.38. The number of anilines is 1. The number of hydrazine groups is 1. The van der Waals surface area contributed by atoms with E-state index >= 15 is 0 Å². The van der Waals surface area contributed by atoms with Crippen LogP contribution in [0.25, 0.3) is 0 Å². The third-order valence-electron chi connectivity index (χ3n) is 2.37. The van der Waals surface area contributed by atoms with Crippen molar-refractivity contribution in [2.75, 3.05) is 5.43 Å². The summed E-state index contributed by atoms with van der Waals surface area (Å²) in [6.07, 6.45) is 0. The molecule has 0 aliphatic carbocycles. The summed E-state index contributed by atoms with van der Waals surface area (Å²) >= 11 is 0. The van der Waals surface area contributed by atoms with E-state index in [9.17, 15) is 9.59 Å². The average molecular weight is 279 g/mol. The van der Waals surface area contributed by atoms with E-state index in [4.69, 9.17) is 5.84 Å². The Bertz CT molecular complexity index is 496. The van der Waals surface area contributed by atoms with Crippen molar-refractivity contribution in [3.05, 3.63) is 23.9 Å². The number of pyridine rings is 1. The highest BCUT2D eigenvalue weighted by atomic mass is 16.2. The SMILES string of the molecule is CC(NC(=O)c1cccc(NN)n1)C(=O)NC(C)(C)C. The highest BCUT2D eigenvalue weighted by Crippen LogP contribution is 2.04. The molecule has 0 bridgehead atoms. The van der Waals surface area contributed by atoms with Crippen molar-refractivity contribution in [3.63, 3.8) is 0 Å². The Morgan fingerprint density at radius 1 is 1.30 bits per heavy atom. The Balaban J connectivity index is 2.67. The molecule has 0 aromatic carbocycles. The quantitative estimate of drug-likeness (QED) is 0.471. The summed E-state index contributed by atoms with van der Waals surface area (Å²) in [4.78, 5) is 27.8. The van der Waals surface area contributed by atoms with Gasteiger partial charge in [-0.15, -0.1) is 0 Å². The summed E-state index contributed by atoms with van der Waals surface area (Å²) in [7, 11) is 0. The molecule has 7 heteroatoms. The second kappa shape index (κ2) is 6.33. The first-order valence-corrected chi connectivity index (χ1v) is 6.29. The van der Waals surface area contributed by atoms with Gasteiger partial charge in [0.1, 0.15) is 17.6 Å². The number of rotatable bonds is 4. The molecule has 7 nitrogen and oxygen atoms in total. The van der Waals surface area contributed by atoms with Gasteiger partial charge in [-0.2, -0.15) is 0 Å². The fourth-order valence-corrected chi connectivity index (χ4v) is 1.46. The fraction of sp³-hybridized carbons (Fsp3) is 0.462. The molecular formula is C13H21N5O2. The maximum absolute atomic E-state index is 12.0. The van der Waals surface area contributed by atoms with Crippen molar-refractivity contribution in [3.8, 4) is 0 Å². The zero-order valence-electron chi connectivity index (χ0n) is 12.2. The fourth-order valence-electron chi connectivity index (χ4n) is 1.46. The number of hydrogen-bond acceptors (Lipinski definition) is 5. The van der Waals surface area contributed by atoms with E-state index in [1.807, 2.05) is 20.8 Å². The van der Waals surface area contributed by atoms with Crippen molar-refractivity contribution in [2.24, 2.45) is 5.84 Å². The summed E-state index contributed by atoms with van der Waals surface area (Å²) in [5.74, 6) is 4.93. The minimum atomic E-state index is -0.655. The highest BCUT2D eigenvalue weighted by Gasteiger charge is 2.21. The second-order valence-corrected chi connectivity index (χ2v) is 5.49. The van der Waals surface area contributed by atoms with Gasteiger partial charge in [-0.1, -0.05) is 6.07 Å². The zero-order chi connectivity index (χ0) is 15.3. The number of nitrogen functional groups attached to an aromatic ring is 1. The van der Waals surface area contributed by atoms with Crippen molar-refractivity contribution in [1.29, 1.82) is 0 Å². The van der Waals surface area contributed by atoms with Gasteiger partial charge in [0, 0.05) is 5.54 Å². The number of aromatic nitrogens is 1. The molecule has 0 aliphatic heterocycles. The molecule has 20 heavy (non-hydrogen) atoms. The van der Waals surface area contributed by atoms with E-state index < -0.39 is 11.9 Å². The van der Waals surface area contributed by atoms with Crippen LogP contribution in [-0.4, -0.2) is 28.4 Å². The molecule has 0 fully saturated rings. The Labute approximate surface area is 118 Å². The van der Waals surface area contributed by atoms with Crippen LogP contribution in [0.4, 0.5) is 5.82 Å². The van der Waals surface area contributed by atoms with Gasteiger partial charge in [-0.3, -0.25) is 9.59 Å². The molecule has 0 spiro atoms. The lowest BCUT2D eigenvalue weighted by atomic mass is 10.1. The molecular weight excluding hydrogens is 258 g/mol. The Morgan fingerprint density at radius 2 is 1.95 bits per heavy atom. The Morgan fingerprint density at radius 3 is 2.50 bits per heavy atom. The molecule has 1 rings (SSSR count). The van der Waals surface area contributed by atoms with Crippen molar-refractivity contribution in [1.82, 2.24) is 15.6 Å². The standard InChI is InChI=1S/C13H21N5O2/c1-8(11(19)17-13(2,3)4)15-12(20)9-6-5-7-10(16-9)18-14/h5-8H,14H2,1-4H3,(H,15,20)(H,16,18)(H,17,19). The van der Waals surface area contributed by atoms with Gasteiger partial charge in [0.05, 0.1) is 0 Å². The lowest BCUT2D eigenvalue weighted by Crippen LogP contribution is -2.50. The van der Waals surface area contributed by atoms with Crippen LogP contribution in [0.1, 0.15) is 38.2 Å². The summed E-state index contributed by atoms with van der Waals surface area (Å²) in [6, 6.07) is 4.17. The Hall–Kier alpha value is -2.15. The smallest absolute Gasteiger partial charge is 0.270 e. The number of nitrogens with one attached hydrogen (secondary N) is 3. The van der Waals surface area contributed by atoms with E-state index in [0.717, 1.165) is 0 Å². The largest absolute Gasteiger partial charge is 0.350 e. The number of amides is 2. The van der Waals surface area contributed by atoms with Crippen molar-refractivity contribution in [2.45, 2.75) is 39.3 Å². The molecule has 0 radical (unpaired) electrons. The minimum Gasteiger partial charge on any atom is -0.350 e. The minimum absolute atomic E-state index is 0.191. The number of carbonyl (C=O) groups excluding carboxylic acids is 2. The summed E-state index contributed by atoms with van der Waals surface area (Å²) in [5.41, 5.74) is 2.20. The lowest BCUT2D eigenvalue weighted by molar-refractivity contribution is -0.124. The van der Waals surface area contributed by atoms with Gasteiger partial charge in [0.2, 0.25) is 5.91 Å². The van der Waals surface area contributed by atoms with Crippen LogP contribution in [0.5, 0.6) is 0 Å². The first kappa shape index (κ1) is 15.9. The molecule has 1 atom stereocenters. The first-order chi connectivity index (χ1) is 9.23. The molecule has 2 amide bonds. The zero-order valence-corrected chi connectivity index (χ0v) is 12.2. The van der Waals surface area contributed by atoms with Crippen LogP contribution < -0.4 is 21.9 Å². The topological polar surface area (TPSA) is 109 Å². The van der Waals surface area contributed by atoms with Crippen LogP contribution in [0.15, 0.2) is 18.2 Å². The predicted octanol–water partition coefficient (Wildman–Crippen LogP) is 0.400. The highest BCUT2D eigenvalue weighted by molar-refractivity contribution is 5.96. The number of hydrogen-bond donors (Lipinski definition) is 4. The van der Waals surface area contributed by atoms with Crippen molar-refractivity contribution < 1.29 is 9.59 Å². The number of nitrogens with zero attached hydrogens (tertiary/aromatic N) is 1. The molecule has 0 saturated heterocycles. The van der Waals surface area contributed by atoms with Gasteiger partial charge < -0.3 is 16.1 Å².